The number of benzene rings is 3. The van der Waals surface area contributed by atoms with Gasteiger partial charge in [0.15, 0.2) is 0 Å². The fourth-order valence-electron chi connectivity index (χ4n) is 5.57. The second-order valence-electron chi connectivity index (χ2n) is 10.8. The lowest BCUT2D eigenvalue weighted by Gasteiger charge is -2.22. The molecule has 226 valence electrons. The van der Waals surface area contributed by atoms with Crippen LogP contribution in [0.5, 0.6) is 5.88 Å². The molecule has 6 rings (SSSR count). The van der Waals surface area contributed by atoms with E-state index in [-0.39, 0.29) is 53.4 Å². The van der Waals surface area contributed by atoms with Crippen molar-refractivity contribution in [2.75, 3.05) is 20.2 Å². The van der Waals surface area contributed by atoms with Crippen molar-refractivity contribution in [2.24, 2.45) is 0 Å². The number of halogens is 3. The number of aromatic carboxylic acids is 1. The van der Waals surface area contributed by atoms with Crippen molar-refractivity contribution >= 4 is 17.0 Å². The van der Waals surface area contributed by atoms with Gasteiger partial charge in [0.1, 0.15) is 29.9 Å². The number of pyridine rings is 1. The predicted molar refractivity (Wildman–Crippen MR) is 157 cm³/mol. The molecule has 0 bridgehead atoms. The van der Waals surface area contributed by atoms with Crippen LogP contribution in [0.3, 0.4) is 0 Å². The van der Waals surface area contributed by atoms with Crippen LogP contribution < -0.4 is 10.1 Å². The average molecular weight is 603 g/mol. The number of methoxy groups -OCH3 is 1. The lowest BCUT2D eigenvalue weighted by molar-refractivity contribution is 0.0697. The van der Waals surface area contributed by atoms with E-state index in [1.54, 1.807) is 44.4 Å². The molecule has 1 fully saturated rings. The average Bonchev–Trinajstić information content (AvgIpc) is 3.61. The molecule has 0 spiro atoms. The van der Waals surface area contributed by atoms with Crippen LogP contribution in [0.2, 0.25) is 0 Å². The van der Waals surface area contributed by atoms with Gasteiger partial charge < -0.3 is 24.5 Å². The summed E-state index contributed by atoms with van der Waals surface area (Å²) in [6.45, 7) is 2.82. The molecule has 3 heterocycles. The first-order chi connectivity index (χ1) is 21.2. The van der Waals surface area contributed by atoms with Crippen molar-refractivity contribution in [2.45, 2.75) is 32.1 Å². The van der Waals surface area contributed by atoms with E-state index in [0.29, 0.717) is 35.5 Å². The number of imidazole rings is 1. The van der Waals surface area contributed by atoms with E-state index < -0.39 is 23.4 Å². The molecule has 5 aromatic rings. The van der Waals surface area contributed by atoms with Gasteiger partial charge in [0.2, 0.25) is 5.88 Å². The molecule has 8 nitrogen and oxygen atoms in total. The number of hydrogen-bond acceptors (Lipinski definition) is 6. The number of nitrogens with zero attached hydrogens (tertiary/aromatic N) is 3. The summed E-state index contributed by atoms with van der Waals surface area (Å²) in [6, 6.07) is 16.1. The summed E-state index contributed by atoms with van der Waals surface area (Å²) in [5.41, 5.74) is 2.50. The summed E-state index contributed by atoms with van der Waals surface area (Å²) in [7, 11) is 1.59. The molecule has 0 radical (unpaired) electrons. The number of carboxylic acids is 1. The standard InChI is InChI=1S/C33H29F3N4O4/c1-18-6-7-20(23(34)10-18)17-44-32-5-3-4-26(39-32)22-14-24(35)21(11-25(22)36)13-31-38-27-9-8-19(33(41)42)12-28(27)40(31)29-15-37-16-30(29)43-2/h3-12,14,29-30,37H,13,15-17H2,1-2H3,(H,41,42)/t29-,30+/m0/s1. The Kier molecular flexibility index (Phi) is 8.07. The summed E-state index contributed by atoms with van der Waals surface area (Å²) < 4.78 is 58.5. The zero-order valence-electron chi connectivity index (χ0n) is 24.0. The van der Waals surface area contributed by atoms with E-state index in [9.17, 15) is 14.3 Å². The second kappa shape index (κ2) is 12.1. The largest absolute Gasteiger partial charge is 0.478 e. The number of rotatable bonds is 9. The normalized spacial score (nSPS) is 16.5. The fourth-order valence-corrected chi connectivity index (χ4v) is 5.57. The van der Waals surface area contributed by atoms with Crippen LogP contribution in [0, 0.1) is 24.4 Å². The number of carboxylic acid groups (broad SMARTS) is 1. The molecule has 1 aliphatic rings. The Balaban J connectivity index is 1.30. The van der Waals surface area contributed by atoms with Gasteiger partial charge in [-0.1, -0.05) is 18.2 Å². The molecule has 2 N–H and O–H groups in total. The van der Waals surface area contributed by atoms with Crippen LogP contribution >= 0.6 is 0 Å². The van der Waals surface area contributed by atoms with Crippen LogP contribution in [-0.4, -0.2) is 51.9 Å². The molecular weight excluding hydrogens is 573 g/mol. The van der Waals surface area contributed by atoms with Gasteiger partial charge in [-0.15, -0.1) is 0 Å². The molecule has 2 atom stereocenters. The maximum Gasteiger partial charge on any atom is 0.335 e. The van der Waals surface area contributed by atoms with Crippen molar-refractivity contribution in [3.05, 3.63) is 112 Å². The van der Waals surface area contributed by atoms with E-state index in [1.807, 2.05) is 4.57 Å². The van der Waals surface area contributed by atoms with E-state index in [4.69, 9.17) is 9.47 Å². The Hall–Kier alpha value is -4.74. The van der Waals surface area contributed by atoms with E-state index >= 15 is 8.78 Å². The van der Waals surface area contributed by atoms with Gasteiger partial charge in [0.25, 0.3) is 0 Å². The van der Waals surface area contributed by atoms with Crippen molar-refractivity contribution in [1.82, 2.24) is 19.9 Å². The molecule has 1 saturated heterocycles. The highest BCUT2D eigenvalue weighted by Gasteiger charge is 2.32. The van der Waals surface area contributed by atoms with Gasteiger partial charge in [-0.2, -0.15) is 0 Å². The number of ether oxygens (including phenoxy) is 2. The third-order valence-corrected chi connectivity index (χ3v) is 7.84. The highest BCUT2D eigenvalue weighted by atomic mass is 19.1. The monoisotopic (exact) mass is 602 g/mol. The van der Waals surface area contributed by atoms with Gasteiger partial charge in [-0.3, -0.25) is 0 Å². The Labute approximate surface area is 251 Å². The van der Waals surface area contributed by atoms with Crippen molar-refractivity contribution < 1.29 is 32.5 Å². The molecule has 11 heteroatoms. The Morgan fingerprint density at radius 2 is 1.80 bits per heavy atom. The van der Waals surface area contributed by atoms with Crippen molar-refractivity contribution in [3.8, 4) is 17.1 Å². The third kappa shape index (κ3) is 5.76. The Bertz CT molecular complexity index is 1880. The highest BCUT2D eigenvalue weighted by Crippen LogP contribution is 2.31. The molecule has 2 aromatic heterocycles. The zero-order chi connectivity index (χ0) is 31.0. The minimum absolute atomic E-state index is 0.0499. The fraction of sp³-hybridized carbons (Fsp3) is 0.242. The quantitative estimate of drug-likeness (QED) is 0.218. The Morgan fingerprint density at radius 3 is 2.57 bits per heavy atom. The first-order valence-electron chi connectivity index (χ1n) is 14.0. The topological polar surface area (TPSA) is 98.5 Å². The van der Waals surface area contributed by atoms with Gasteiger partial charge in [0, 0.05) is 43.8 Å². The van der Waals surface area contributed by atoms with E-state index in [2.05, 4.69) is 15.3 Å². The van der Waals surface area contributed by atoms with Crippen LogP contribution in [0.15, 0.2) is 66.7 Å². The first kappa shape index (κ1) is 29.3. The van der Waals surface area contributed by atoms with E-state index in [1.165, 1.54) is 24.3 Å². The van der Waals surface area contributed by atoms with E-state index in [0.717, 1.165) is 17.7 Å². The smallest absolute Gasteiger partial charge is 0.335 e. The molecule has 44 heavy (non-hydrogen) atoms. The van der Waals surface area contributed by atoms with Gasteiger partial charge >= 0.3 is 5.97 Å². The lowest BCUT2D eigenvalue weighted by Crippen LogP contribution is -2.26. The molecule has 0 saturated carbocycles. The third-order valence-electron chi connectivity index (χ3n) is 7.84. The maximum absolute atomic E-state index is 15.6. The second-order valence-corrected chi connectivity index (χ2v) is 10.8. The molecule has 0 aliphatic carbocycles. The molecule has 0 amide bonds. The number of aryl methyl sites for hydroxylation is 1. The zero-order valence-corrected chi connectivity index (χ0v) is 24.0. The summed E-state index contributed by atoms with van der Waals surface area (Å²) in [4.78, 5) is 20.7. The number of aromatic nitrogens is 3. The molecule has 1 aliphatic heterocycles. The van der Waals surface area contributed by atoms with Crippen molar-refractivity contribution in [1.29, 1.82) is 0 Å². The lowest BCUT2D eigenvalue weighted by atomic mass is 10.0. The SMILES string of the molecule is CO[C@@H]1CNC[C@@H]1n1c(Cc2cc(F)c(-c3cccc(OCc4ccc(C)cc4F)n3)cc2F)nc2ccc(C(=O)O)cc21. The number of nitrogens with one attached hydrogen (secondary N) is 1. The molecular formula is C33H29F3N4O4. The molecule has 3 aromatic carbocycles. The minimum atomic E-state index is -1.08. The van der Waals surface area contributed by atoms with Crippen molar-refractivity contribution in [3.63, 3.8) is 0 Å². The summed E-state index contributed by atoms with van der Waals surface area (Å²) >= 11 is 0. The number of carbonyl (C=O) groups is 1. The Morgan fingerprint density at radius 1 is 0.977 bits per heavy atom. The minimum Gasteiger partial charge on any atom is -0.478 e. The summed E-state index contributed by atoms with van der Waals surface area (Å²) in [5, 5.41) is 12.8. The van der Waals surface area contributed by atoms with Crippen LogP contribution in [0.1, 0.15) is 38.9 Å². The summed E-state index contributed by atoms with van der Waals surface area (Å²) in [6.07, 6.45) is -0.280. The number of fused-ring (bicyclic) bond motifs is 1. The number of hydrogen-bond donors (Lipinski definition) is 2. The first-order valence-corrected chi connectivity index (χ1v) is 14.0. The predicted octanol–water partition coefficient (Wildman–Crippen LogP) is 5.85. The van der Waals surface area contributed by atoms with Crippen LogP contribution in [0.4, 0.5) is 13.2 Å². The molecule has 0 unspecified atom stereocenters. The summed E-state index contributed by atoms with van der Waals surface area (Å²) in [5.74, 6) is -2.25. The van der Waals surface area contributed by atoms with Crippen LogP contribution in [-0.2, 0) is 17.8 Å². The van der Waals surface area contributed by atoms with Gasteiger partial charge in [-0.25, -0.2) is 27.9 Å². The van der Waals surface area contributed by atoms with Gasteiger partial charge in [0.05, 0.1) is 34.4 Å². The highest BCUT2D eigenvalue weighted by molar-refractivity contribution is 5.92. The van der Waals surface area contributed by atoms with Crippen LogP contribution in [0.25, 0.3) is 22.3 Å². The maximum atomic E-state index is 15.6. The van der Waals surface area contributed by atoms with Gasteiger partial charge in [-0.05, 0) is 60.5 Å².